The van der Waals surface area contributed by atoms with Gasteiger partial charge in [-0.15, -0.1) is 0 Å². The average Bonchev–Trinajstić information content (AvgIpc) is 2.51. The fourth-order valence-electron chi connectivity index (χ4n) is 1.76. The lowest BCUT2D eigenvalue weighted by atomic mass is 10.1. The van der Waals surface area contributed by atoms with Crippen LogP contribution >= 0.6 is 15.9 Å². The molecular formula is C16H15BrN2O3. The number of nitrogens with one attached hydrogen (secondary N) is 1. The lowest BCUT2D eigenvalue weighted by Gasteiger charge is -2.10. The fraction of sp³-hybridized carbons (Fsp3) is 0.188. The van der Waals surface area contributed by atoms with Crippen molar-refractivity contribution in [2.75, 3.05) is 11.9 Å². The summed E-state index contributed by atoms with van der Waals surface area (Å²) in [6.07, 6.45) is 2.95. The molecule has 0 saturated carbocycles. The number of halogens is 1. The van der Waals surface area contributed by atoms with Crippen molar-refractivity contribution >= 4 is 33.5 Å². The Morgan fingerprint density at radius 3 is 2.68 bits per heavy atom. The first kappa shape index (κ1) is 16.2. The summed E-state index contributed by atoms with van der Waals surface area (Å²) in [5.74, 6) is -0.983. The SMILES string of the molecule is Cc1cc(Br)c(NC(=O)COC(=O)c2cccnc2)cc1C. The van der Waals surface area contributed by atoms with Gasteiger partial charge < -0.3 is 10.1 Å². The number of aryl methyl sites for hydroxylation is 2. The second kappa shape index (κ2) is 7.17. The Hall–Kier alpha value is -2.21. The van der Waals surface area contributed by atoms with E-state index in [9.17, 15) is 9.59 Å². The average molecular weight is 363 g/mol. The van der Waals surface area contributed by atoms with E-state index in [0.29, 0.717) is 11.3 Å². The molecule has 0 spiro atoms. The van der Waals surface area contributed by atoms with Crippen molar-refractivity contribution in [1.82, 2.24) is 4.98 Å². The molecule has 0 aliphatic carbocycles. The molecule has 2 rings (SSSR count). The van der Waals surface area contributed by atoms with E-state index in [1.54, 1.807) is 18.3 Å². The van der Waals surface area contributed by atoms with Crippen LogP contribution in [0.15, 0.2) is 41.1 Å². The summed E-state index contributed by atoms with van der Waals surface area (Å²) >= 11 is 3.40. The summed E-state index contributed by atoms with van der Waals surface area (Å²) < 4.78 is 5.73. The van der Waals surface area contributed by atoms with Crippen molar-refractivity contribution in [2.24, 2.45) is 0 Å². The lowest BCUT2D eigenvalue weighted by Crippen LogP contribution is -2.21. The first-order chi connectivity index (χ1) is 10.5. The van der Waals surface area contributed by atoms with Gasteiger partial charge in [-0.2, -0.15) is 0 Å². The van der Waals surface area contributed by atoms with Crippen LogP contribution in [0, 0.1) is 13.8 Å². The number of ether oxygens (including phenoxy) is 1. The van der Waals surface area contributed by atoms with Gasteiger partial charge in [0.15, 0.2) is 6.61 Å². The molecule has 1 aromatic carbocycles. The zero-order valence-electron chi connectivity index (χ0n) is 12.2. The molecule has 0 aliphatic heterocycles. The number of amides is 1. The predicted octanol–water partition coefficient (Wildman–Crippen LogP) is 3.26. The third kappa shape index (κ3) is 4.14. The zero-order valence-corrected chi connectivity index (χ0v) is 13.8. The van der Waals surface area contributed by atoms with Crippen LogP contribution in [0.5, 0.6) is 0 Å². The summed E-state index contributed by atoms with van der Waals surface area (Å²) in [5.41, 5.74) is 3.13. The maximum atomic E-state index is 11.9. The number of aromatic nitrogens is 1. The molecule has 0 saturated heterocycles. The molecule has 0 radical (unpaired) electrons. The summed E-state index contributed by atoms with van der Waals surface area (Å²) in [6.45, 7) is 3.59. The standard InChI is InChI=1S/C16H15BrN2O3/c1-10-6-13(17)14(7-11(10)2)19-15(20)9-22-16(21)12-4-3-5-18-8-12/h3-8H,9H2,1-2H3,(H,19,20). The van der Waals surface area contributed by atoms with Crippen molar-refractivity contribution in [3.8, 4) is 0 Å². The van der Waals surface area contributed by atoms with Gasteiger partial charge in [0.2, 0.25) is 0 Å². The highest BCUT2D eigenvalue weighted by Crippen LogP contribution is 2.26. The Morgan fingerprint density at radius 2 is 2.00 bits per heavy atom. The number of hydrogen-bond acceptors (Lipinski definition) is 4. The number of pyridine rings is 1. The van der Waals surface area contributed by atoms with E-state index in [0.717, 1.165) is 15.6 Å². The molecule has 0 fully saturated rings. The van der Waals surface area contributed by atoms with E-state index in [1.165, 1.54) is 6.20 Å². The number of carbonyl (C=O) groups excluding carboxylic acids is 2. The summed E-state index contributed by atoms with van der Waals surface area (Å²) in [5, 5.41) is 2.71. The molecule has 0 aliphatic rings. The normalized spacial score (nSPS) is 10.1. The van der Waals surface area contributed by atoms with Gasteiger partial charge >= 0.3 is 5.97 Å². The summed E-state index contributed by atoms with van der Waals surface area (Å²) in [7, 11) is 0. The molecule has 114 valence electrons. The van der Waals surface area contributed by atoms with Crippen LogP contribution in [0.4, 0.5) is 5.69 Å². The van der Waals surface area contributed by atoms with Gasteiger partial charge in [-0.25, -0.2) is 4.79 Å². The monoisotopic (exact) mass is 362 g/mol. The van der Waals surface area contributed by atoms with Gasteiger partial charge in [0.25, 0.3) is 5.91 Å². The largest absolute Gasteiger partial charge is 0.452 e. The van der Waals surface area contributed by atoms with Crippen molar-refractivity contribution < 1.29 is 14.3 Å². The maximum absolute atomic E-state index is 11.9. The fourth-order valence-corrected chi connectivity index (χ4v) is 2.32. The first-order valence-electron chi connectivity index (χ1n) is 6.61. The maximum Gasteiger partial charge on any atom is 0.340 e. The van der Waals surface area contributed by atoms with Crippen LogP contribution < -0.4 is 5.32 Å². The van der Waals surface area contributed by atoms with E-state index in [4.69, 9.17) is 4.74 Å². The smallest absolute Gasteiger partial charge is 0.340 e. The van der Waals surface area contributed by atoms with Crippen molar-refractivity contribution in [3.05, 3.63) is 57.8 Å². The second-order valence-electron chi connectivity index (χ2n) is 4.78. The Balaban J connectivity index is 1.94. The topological polar surface area (TPSA) is 68.3 Å². The van der Waals surface area contributed by atoms with Gasteiger partial charge in [-0.05, 0) is 65.2 Å². The van der Waals surface area contributed by atoms with Crippen molar-refractivity contribution in [3.63, 3.8) is 0 Å². The van der Waals surface area contributed by atoms with Gasteiger partial charge in [0.05, 0.1) is 11.3 Å². The molecule has 1 N–H and O–H groups in total. The molecule has 2 aromatic rings. The van der Waals surface area contributed by atoms with Gasteiger partial charge in [-0.1, -0.05) is 0 Å². The number of hydrogen-bond donors (Lipinski definition) is 1. The van der Waals surface area contributed by atoms with Crippen molar-refractivity contribution in [1.29, 1.82) is 0 Å². The molecule has 1 aromatic heterocycles. The minimum absolute atomic E-state index is 0.308. The zero-order chi connectivity index (χ0) is 16.1. The Morgan fingerprint density at radius 1 is 1.27 bits per heavy atom. The van der Waals surface area contributed by atoms with Gasteiger partial charge in [0.1, 0.15) is 0 Å². The van der Waals surface area contributed by atoms with Crippen LogP contribution in [0.3, 0.4) is 0 Å². The van der Waals surface area contributed by atoms with E-state index in [-0.39, 0.29) is 6.61 Å². The molecule has 0 bridgehead atoms. The molecule has 0 atom stereocenters. The molecule has 0 unspecified atom stereocenters. The quantitative estimate of drug-likeness (QED) is 0.847. The third-order valence-corrected chi connectivity index (χ3v) is 3.75. The predicted molar refractivity (Wildman–Crippen MR) is 86.8 cm³/mol. The van der Waals surface area contributed by atoms with E-state index in [2.05, 4.69) is 26.2 Å². The van der Waals surface area contributed by atoms with Gasteiger partial charge in [-0.3, -0.25) is 9.78 Å². The number of anilines is 1. The van der Waals surface area contributed by atoms with E-state index >= 15 is 0 Å². The minimum atomic E-state index is -0.581. The number of carbonyl (C=O) groups is 2. The van der Waals surface area contributed by atoms with Crippen LogP contribution in [0.1, 0.15) is 21.5 Å². The number of nitrogens with zero attached hydrogens (tertiary/aromatic N) is 1. The van der Waals surface area contributed by atoms with Crippen LogP contribution in [-0.4, -0.2) is 23.5 Å². The van der Waals surface area contributed by atoms with E-state index in [1.807, 2.05) is 26.0 Å². The number of rotatable bonds is 4. The molecule has 6 heteroatoms. The minimum Gasteiger partial charge on any atom is -0.452 e. The second-order valence-corrected chi connectivity index (χ2v) is 5.64. The van der Waals surface area contributed by atoms with Crippen LogP contribution in [0.2, 0.25) is 0 Å². The highest BCUT2D eigenvalue weighted by molar-refractivity contribution is 9.10. The Kier molecular flexibility index (Phi) is 5.27. The molecule has 1 heterocycles. The molecular weight excluding hydrogens is 348 g/mol. The van der Waals surface area contributed by atoms with Crippen LogP contribution in [-0.2, 0) is 9.53 Å². The van der Waals surface area contributed by atoms with Crippen LogP contribution in [0.25, 0.3) is 0 Å². The summed E-state index contributed by atoms with van der Waals surface area (Å²) in [4.78, 5) is 27.4. The number of benzene rings is 1. The summed E-state index contributed by atoms with van der Waals surface area (Å²) in [6, 6.07) is 6.99. The highest BCUT2D eigenvalue weighted by atomic mass is 79.9. The van der Waals surface area contributed by atoms with Gasteiger partial charge in [0, 0.05) is 16.9 Å². The number of esters is 1. The molecule has 1 amide bonds. The molecule has 22 heavy (non-hydrogen) atoms. The molecule has 5 nitrogen and oxygen atoms in total. The first-order valence-corrected chi connectivity index (χ1v) is 7.40. The lowest BCUT2D eigenvalue weighted by molar-refractivity contribution is -0.119. The highest BCUT2D eigenvalue weighted by Gasteiger charge is 2.12. The Labute approximate surface area is 136 Å². The third-order valence-electron chi connectivity index (χ3n) is 3.09. The Bertz CT molecular complexity index is 702. The van der Waals surface area contributed by atoms with E-state index < -0.39 is 11.9 Å². The van der Waals surface area contributed by atoms with Crippen molar-refractivity contribution in [2.45, 2.75) is 13.8 Å².